The van der Waals surface area contributed by atoms with Crippen molar-refractivity contribution in [2.45, 2.75) is 84.5 Å². The Kier molecular flexibility index (Phi) is 50.1. The fourth-order valence-corrected chi connectivity index (χ4v) is 12.4. The highest BCUT2D eigenvalue weighted by Crippen LogP contribution is 2.18. The lowest BCUT2D eigenvalue weighted by Gasteiger charge is -2.28. The second-order valence-electron chi connectivity index (χ2n) is 8.90. The van der Waals surface area contributed by atoms with Crippen LogP contribution in [0, 0.1) is 0 Å². The second kappa shape index (κ2) is 42.0. The molecule has 0 aromatic carbocycles. The van der Waals surface area contributed by atoms with E-state index < -0.39 is 36.2 Å². The van der Waals surface area contributed by atoms with Gasteiger partial charge < -0.3 is 44.3 Å². The summed E-state index contributed by atoms with van der Waals surface area (Å²) in [6.45, 7) is 13.4. The van der Waals surface area contributed by atoms with E-state index in [-0.39, 0.29) is 0 Å². The third-order valence-corrected chi connectivity index (χ3v) is 17.5. The molecule has 0 rings (SSSR count). The monoisotopic (exact) mass is 794 g/mol. The zero-order chi connectivity index (χ0) is 35.2. The van der Waals surface area contributed by atoms with Gasteiger partial charge in [-0.15, -0.1) is 0 Å². The molecule has 0 aromatic heterocycles. The Morgan fingerprint density at radius 2 is 0.844 bits per heavy atom. The Morgan fingerprint density at radius 3 is 1.13 bits per heavy atom. The minimum Gasteiger partial charge on any atom is -0.400 e. The Morgan fingerprint density at radius 1 is 0.444 bits per heavy atom. The summed E-state index contributed by atoms with van der Waals surface area (Å²) in [5.41, 5.74) is 0. The van der Waals surface area contributed by atoms with Crippen LogP contribution in [0.4, 0.5) is 0 Å². The molecule has 0 aliphatic heterocycles. The van der Waals surface area contributed by atoms with Crippen molar-refractivity contribution in [1.82, 2.24) is 0 Å². The number of thiol groups is 4. The highest BCUT2D eigenvalue weighted by atomic mass is 32.1. The first-order chi connectivity index (χ1) is 21.7. The molecular formula is C27H70O10S4Si4. The smallest absolute Gasteiger partial charge is 0.400 e. The van der Waals surface area contributed by atoms with Crippen molar-refractivity contribution in [2.24, 2.45) is 0 Å². The molecule has 0 amide bonds. The van der Waals surface area contributed by atoms with Gasteiger partial charge in [-0.2, -0.15) is 50.5 Å². The summed E-state index contributed by atoms with van der Waals surface area (Å²) < 4.78 is 53.7. The largest absolute Gasteiger partial charge is 0.500 e. The molecule has 0 saturated heterocycles. The van der Waals surface area contributed by atoms with Gasteiger partial charge in [0, 0.05) is 80.7 Å². The van der Waals surface area contributed by atoms with Gasteiger partial charge in [0.25, 0.3) is 0 Å². The maximum atomic E-state index is 5.67. The topological polar surface area (TPSA) is 92.3 Å². The van der Waals surface area contributed by atoms with E-state index in [4.69, 9.17) is 44.3 Å². The molecule has 0 aliphatic carbocycles. The van der Waals surface area contributed by atoms with E-state index in [2.05, 4.69) is 50.5 Å². The third-order valence-electron chi connectivity index (χ3n) is 5.75. The second-order valence-corrected chi connectivity index (χ2v) is 21.0. The van der Waals surface area contributed by atoms with Gasteiger partial charge in [-0.1, -0.05) is 6.42 Å². The molecule has 0 unspecified atom stereocenters. The van der Waals surface area contributed by atoms with E-state index in [0.29, 0.717) is 19.8 Å². The third kappa shape index (κ3) is 34.1. The minimum atomic E-state index is -2.37. The van der Waals surface area contributed by atoms with Crippen LogP contribution in [0.3, 0.4) is 0 Å². The van der Waals surface area contributed by atoms with E-state index in [1.165, 1.54) is 12.8 Å². The summed E-state index contributed by atoms with van der Waals surface area (Å²) in [5, 5.41) is 0. The molecular weight excluding hydrogens is 725 g/mol. The average Bonchev–Trinajstić information content (AvgIpc) is 3.05. The molecule has 18 heteroatoms. The lowest BCUT2D eigenvalue weighted by Crippen LogP contribution is -2.46. The Bertz CT molecular complexity index is 512. The first-order valence-corrected chi connectivity index (χ1v) is 25.9. The molecule has 0 spiro atoms. The van der Waals surface area contributed by atoms with E-state index in [0.717, 1.165) is 73.2 Å². The molecule has 278 valence electrons. The molecule has 0 N–H and O–H groups in total. The Labute approximate surface area is 305 Å². The zero-order valence-electron chi connectivity index (χ0n) is 30.0. The van der Waals surface area contributed by atoms with Crippen LogP contribution in [-0.4, -0.2) is 128 Å². The average molecular weight is 795 g/mol. The first kappa shape index (κ1) is 53.7. The van der Waals surface area contributed by atoms with Crippen molar-refractivity contribution in [3.63, 3.8) is 0 Å². The fourth-order valence-electron chi connectivity index (χ4n) is 3.60. The lowest BCUT2D eigenvalue weighted by molar-refractivity contribution is 0.0712. The van der Waals surface area contributed by atoms with Crippen molar-refractivity contribution >= 4 is 86.7 Å². The van der Waals surface area contributed by atoms with Gasteiger partial charge >= 0.3 is 36.2 Å². The van der Waals surface area contributed by atoms with Crippen molar-refractivity contribution < 1.29 is 44.3 Å². The number of unbranched alkanes of at least 4 members (excludes halogenated alkanes) is 1. The molecule has 10 nitrogen and oxygen atoms in total. The van der Waals surface area contributed by atoms with Crippen LogP contribution in [0.25, 0.3) is 0 Å². The molecule has 0 aromatic rings. The molecule has 0 aliphatic rings. The van der Waals surface area contributed by atoms with Gasteiger partial charge in [-0.3, -0.25) is 0 Å². The first-order valence-electron chi connectivity index (χ1n) is 16.0. The Balaban J connectivity index is -0.000000252. The normalized spacial score (nSPS) is 11.5. The highest BCUT2D eigenvalue weighted by Gasteiger charge is 2.39. The number of hydrogen-bond acceptors (Lipinski definition) is 14. The number of rotatable bonds is 27. The van der Waals surface area contributed by atoms with E-state index in [9.17, 15) is 0 Å². The van der Waals surface area contributed by atoms with Gasteiger partial charge in [0.1, 0.15) is 0 Å². The molecule has 0 saturated carbocycles. The quantitative estimate of drug-likeness (QED) is 0.0454. The van der Waals surface area contributed by atoms with E-state index >= 15 is 0 Å². The summed E-state index contributed by atoms with van der Waals surface area (Å²) in [5.74, 6) is 3.53. The summed E-state index contributed by atoms with van der Waals surface area (Å²) >= 11 is 16.5. The van der Waals surface area contributed by atoms with Crippen LogP contribution in [0.2, 0.25) is 24.2 Å². The standard InChI is InChI=1S/C9H22O3SSi.C6H16O3SSi.2C6H16O2SSi/c1-4-10-14(11-5-2,12-6-3)9-7-8-13;1-7-11(8-2,9-3)6-4-5-10;1-7-10(8-2)6-4-3-5-9;1-3-7-10(6-5-9)8-4-2/h13H,4-9H2,1-3H3;10H,4-6H2,1-3H3;2*9-10H,3-6H2,1-2H3. The maximum Gasteiger partial charge on any atom is 0.500 e. The molecule has 0 atom stereocenters. The zero-order valence-corrected chi connectivity index (χ0v) is 37.9. The van der Waals surface area contributed by atoms with Crippen molar-refractivity contribution in [1.29, 1.82) is 0 Å². The van der Waals surface area contributed by atoms with Crippen LogP contribution in [-0.2, 0) is 44.3 Å². The van der Waals surface area contributed by atoms with Gasteiger partial charge in [0.15, 0.2) is 0 Å². The predicted molar refractivity (Wildman–Crippen MR) is 212 cm³/mol. The maximum absolute atomic E-state index is 5.67. The Hall–Kier alpha value is 1.87. The van der Waals surface area contributed by atoms with Crippen LogP contribution >= 0.6 is 50.5 Å². The number of hydrogen-bond donors (Lipinski definition) is 4. The molecule has 0 bridgehead atoms. The molecule has 0 fully saturated rings. The SMILES string of the molecule is CCO[SiH](CCS)OCC.CCO[Si](CCCS)(OCC)OCC.CO[SiH](CCCCS)OC.CO[Si](CCCS)(OC)OC. The summed E-state index contributed by atoms with van der Waals surface area (Å²) in [7, 11) is 1.09. The van der Waals surface area contributed by atoms with Gasteiger partial charge in [0.05, 0.1) is 0 Å². The van der Waals surface area contributed by atoms with E-state index in [1.54, 1.807) is 35.5 Å². The summed E-state index contributed by atoms with van der Waals surface area (Å²) in [6.07, 6.45) is 4.29. The van der Waals surface area contributed by atoms with Crippen molar-refractivity contribution in [3.05, 3.63) is 0 Å². The van der Waals surface area contributed by atoms with Crippen molar-refractivity contribution in [3.8, 4) is 0 Å². The summed E-state index contributed by atoms with van der Waals surface area (Å²) in [4.78, 5) is 0. The van der Waals surface area contributed by atoms with Gasteiger partial charge in [-0.25, -0.2) is 0 Å². The predicted octanol–water partition coefficient (Wildman–Crippen LogP) is 5.96. The van der Waals surface area contributed by atoms with Gasteiger partial charge in [-0.05, 0) is 89.0 Å². The minimum absolute atomic E-state index is 0.652. The summed E-state index contributed by atoms with van der Waals surface area (Å²) in [6, 6.07) is 3.81. The highest BCUT2D eigenvalue weighted by molar-refractivity contribution is 7.80. The molecule has 0 heterocycles. The van der Waals surface area contributed by atoms with Crippen molar-refractivity contribution in [2.75, 3.05) is 91.6 Å². The van der Waals surface area contributed by atoms with Crippen LogP contribution < -0.4 is 0 Å². The molecule has 45 heavy (non-hydrogen) atoms. The van der Waals surface area contributed by atoms with E-state index in [1.807, 2.05) is 34.6 Å². The van der Waals surface area contributed by atoms with Crippen LogP contribution in [0.5, 0.6) is 0 Å². The lowest BCUT2D eigenvalue weighted by atomic mass is 10.4. The van der Waals surface area contributed by atoms with Crippen LogP contribution in [0.15, 0.2) is 0 Å². The van der Waals surface area contributed by atoms with Gasteiger partial charge in [0.2, 0.25) is 0 Å². The fraction of sp³-hybridized carbons (Fsp3) is 1.00. The molecule has 0 radical (unpaired) electrons. The van der Waals surface area contributed by atoms with Crippen LogP contribution in [0.1, 0.15) is 60.3 Å².